The molecule has 3 heterocycles. The molecule has 0 spiro atoms. The summed E-state index contributed by atoms with van der Waals surface area (Å²) in [7, 11) is 0. The van der Waals surface area contributed by atoms with Crippen molar-refractivity contribution in [3.05, 3.63) is 88.4 Å². The maximum atomic E-state index is 12.8. The summed E-state index contributed by atoms with van der Waals surface area (Å²) in [5, 5.41) is 14.8. The van der Waals surface area contributed by atoms with Crippen LogP contribution in [0.4, 0.5) is 5.82 Å². The van der Waals surface area contributed by atoms with Crippen LogP contribution >= 0.6 is 0 Å². The monoisotopic (exact) mass is 425 g/mol. The van der Waals surface area contributed by atoms with Crippen molar-refractivity contribution in [1.82, 2.24) is 15.3 Å². The van der Waals surface area contributed by atoms with Gasteiger partial charge in [-0.3, -0.25) is 9.59 Å². The topological polar surface area (TPSA) is 108 Å². The summed E-state index contributed by atoms with van der Waals surface area (Å²) >= 11 is 0. The van der Waals surface area contributed by atoms with E-state index >= 15 is 0 Å². The first-order valence-corrected chi connectivity index (χ1v) is 10.4. The van der Waals surface area contributed by atoms with Gasteiger partial charge in [0.05, 0.1) is 17.7 Å². The normalized spacial score (nSPS) is 17.8. The number of fused-ring (bicyclic) bond motifs is 1. The van der Waals surface area contributed by atoms with Gasteiger partial charge in [0, 0.05) is 17.3 Å². The zero-order chi connectivity index (χ0) is 22.9. The minimum atomic E-state index is -0.747. The van der Waals surface area contributed by atoms with E-state index in [1.54, 1.807) is 24.4 Å². The molecule has 32 heavy (non-hydrogen) atoms. The highest BCUT2D eigenvalue weighted by atomic mass is 16.2. The second kappa shape index (κ2) is 8.23. The number of nitrogens with one attached hydrogen (secondary N) is 2. The molecule has 4 rings (SSSR count). The highest BCUT2D eigenvalue weighted by Crippen LogP contribution is 2.45. The molecule has 1 aliphatic heterocycles. The van der Waals surface area contributed by atoms with Crippen molar-refractivity contribution in [2.75, 3.05) is 5.32 Å². The van der Waals surface area contributed by atoms with Gasteiger partial charge in [0.25, 0.3) is 5.91 Å². The number of anilines is 1. The molecule has 160 valence electrons. The number of carbonyl (C=O) groups excluding carboxylic acids is 2. The Morgan fingerprint density at radius 1 is 1.25 bits per heavy atom. The van der Waals surface area contributed by atoms with Crippen molar-refractivity contribution in [2.24, 2.45) is 0 Å². The van der Waals surface area contributed by atoms with Gasteiger partial charge in [0.1, 0.15) is 17.6 Å². The Bertz CT molecular complexity index is 1250. The van der Waals surface area contributed by atoms with Crippen LogP contribution in [0.15, 0.2) is 54.7 Å². The summed E-state index contributed by atoms with van der Waals surface area (Å²) in [6.45, 7) is 6.04. The Labute approximate surface area is 186 Å². The minimum absolute atomic E-state index is 0.0806. The van der Waals surface area contributed by atoms with E-state index in [-0.39, 0.29) is 24.3 Å². The van der Waals surface area contributed by atoms with E-state index < -0.39 is 5.41 Å². The fourth-order valence-electron chi connectivity index (χ4n) is 4.13. The number of amides is 2. The fourth-order valence-corrected chi connectivity index (χ4v) is 4.13. The third-order valence-electron chi connectivity index (χ3n) is 6.18. The molecule has 0 radical (unpaired) electrons. The number of hydrogen-bond donors (Lipinski definition) is 2. The molecule has 0 bridgehead atoms. The van der Waals surface area contributed by atoms with Crippen LogP contribution in [0.5, 0.6) is 0 Å². The largest absolute Gasteiger partial charge is 0.346 e. The number of pyridine rings is 2. The molecule has 0 fully saturated rings. The van der Waals surface area contributed by atoms with Crippen molar-refractivity contribution >= 4 is 17.6 Å². The summed E-state index contributed by atoms with van der Waals surface area (Å²) in [6, 6.07) is 16.6. The SMILES string of the molecule is Cc1cc(C#N)nc(CNC(=O)c2ccc(C(C)[C@@]3(C)C(=O)Nc4ncccc43)cc2)c1. The number of nitriles is 1. The van der Waals surface area contributed by atoms with Crippen molar-refractivity contribution in [1.29, 1.82) is 5.26 Å². The average Bonchev–Trinajstić information content (AvgIpc) is 3.07. The van der Waals surface area contributed by atoms with Crippen LogP contribution in [-0.4, -0.2) is 21.8 Å². The molecule has 1 aliphatic rings. The maximum absolute atomic E-state index is 12.8. The van der Waals surface area contributed by atoms with Crippen LogP contribution in [0, 0.1) is 18.3 Å². The van der Waals surface area contributed by atoms with E-state index in [1.165, 1.54) is 0 Å². The van der Waals surface area contributed by atoms with Gasteiger partial charge < -0.3 is 10.6 Å². The number of aromatic nitrogens is 2. The second-order valence-corrected chi connectivity index (χ2v) is 8.22. The molecule has 0 saturated carbocycles. The molecule has 2 amide bonds. The average molecular weight is 425 g/mol. The highest BCUT2D eigenvalue weighted by molar-refractivity contribution is 6.05. The van der Waals surface area contributed by atoms with E-state index in [1.807, 2.05) is 57.2 Å². The third-order valence-corrected chi connectivity index (χ3v) is 6.18. The van der Waals surface area contributed by atoms with Crippen LogP contribution in [0.2, 0.25) is 0 Å². The Balaban J connectivity index is 1.48. The second-order valence-electron chi connectivity index (χ2n) is 8.22. The predicted molar refractivity (Wildman–Crippen MR) is 120 cm³/mol. The zero-order valence-electron chi connectivity index (χ0n) is 18.1. The molecule has 1 aromatic carbocycles. The summed E-state index contributed by atoms with van der Waals surface area (Å²) in [6.07, 6.45) is 1.66. The van der Waals surface area contributed by atoms with Crippen LogP contribution in [0.25, 0.3) is 0 Å². The maximum Gasteiger partial charge on any atom is 0.251 e. The molecule has 2 N–H and O–H groups in total. The quantitative estimate of drug-likeness (QED) is 0.649. The van der Waals surface area contributed by atoms with E-state index in [9.17, 15) is 9.59 Å². The predicted octanol–water partition coefficient (Wildman–Crippen LogP) is 3.60. The molecular weight excluding hydrogens is 402 g/mol. The first-order chi connectivity index (χ1) is 15.3. The van der Waals surface area contributed by atoms with Gasteiger partial charge in [-0.2, -0.15) is 5.26 Å². The van der Waals surface area contributed by atoms with Crippen LogP contribution in [0.1, 0.15) is 58.2 Å². The summed E-state index contributed by atoms with van der Waals surface area (Å²) in [4.78, 5) is 33.9. The minimum Gasteiger partial charge on any atom is -0.346 e. The van der Waals surface area contributed by atoms with Crippen LogP contribution in [0.3, 0.4) is 0 Å². The molecule has 3 aromatic rings. The molecule has 1 unspecified atom stereocenters. The van der Waals surface area contributed by atoms with E-state index in [0.717, 1.165) is 16.7 Å². The summed E-state index contributed by atoms with van der Waals surface area (Å²) in [5.74, 6) is 0.173. The van der Waals surface area contributed by atoms with Gasteiger partial charge in [-0.05, 0) is 61.2 Å². The number of benzene rings is 1. The lowest BCUT2D eigenvalue weighted by molar-refractivity contribution is -0.120. The molecule has 2 atom stereocenters. The smallest absolute Gasteiger partial charge is 0.251 e. The Morgan fingerprint density at radius 3 is 2.72 bits per heavy atom. The number of nitrogens with zero attached hydrogens (tertiary/aromatic N) is 3. The Morgan fingerprint density at radius 2 is 2.00 bits per heavy atom. The lowest BCUT2D eigenvalue weighted by Crippen LogP contribution is -2.36. The molecule has 7 nitrogen and oxygen atoms in total. The highest BCUT2D eigenvalue weighted by Gasteiger charge is 2.47. The van der Waals surface area contributed by atoms with Crippen LogP contribution < -0.4 is 10.6 Å². The van der Waals surface area contributed by atoms with Crippen molar-refractivity contribution in [3.63, 3.8) is 0 Å². The van der Waals surface area contributed by atoms with Crippen molar-refractivity contribution < 1.29 is 9.59 Å². The van der Waals surface area contributed by atoms with Crippen LogP contribution in [-0.2, 0) is 16.8 Å². The zero-order valence-corrected chi connectivity index (χ0v) is 18.1. The Hall–Kier alpha value is -4.05. The number of rotatable bonds is 5. The number of aryl methyl sites for hydroxylation is 1. The van der Waals surface area contributed by atoms with Gasteiger partial charge in [0.2, 0.25) is 5.91 Å². The van der Waals surface area contributed by atoms with Crippen molar-refractivity contribution in [3.8, 4) is 6.07 Å². The molecule has 7 heteroatoms. The lowest BCUT2D eigenvalue weighted by Gasteiger charge is -2.30. The van der Waals surface area contributed by atoms with E-state index in [0.29, 0.717) is 22.8 Å². The molecule has 0 aliphatic carbocycles. The number of carbonyl (C=O) groups is 2. The van der Waals surface area contributed by atoms with E-state index in [2.05, 4.69) is 20.6 Å². The summed E-state index contributed by atoms with van der Waals surface area (Å²) in [5.41, 5.74) is 3.47. The first kappa shape index (κ1) is 21.2. The fraction of sp³-hybridized carbons (Fsp3) is 0.240. The van der Waals surface area contributed by atoms with Gasteiger partial charge in [0.15, 0.2) is 0 Å². The number of hydrogen-bond acceptors (Lipinski definition) is 5. The molecular formula is C25H23N5O2. The van der Waals surface area contributed by atoms with Gasteiger partial charge in [-0.25, -0.2) is 9.97 Å². The standard InChI is InChI=1S/C25H23N5O2/c1-15-11-19(13-26)29-20(12-15)14-28-23(31)18-8-6-17(7-9-18)16(2)25(3)21-5-4-10-27-22(21)30-24(25)32/h4-12,16H,14H2,1-3H3,(H,28,31)(H,27,30,32)/t16?,25-/m1/s1. The van der Waals surface area contributed by atoms with Gasteiger partial charge >= 0.3 is 0 Å². The van der Waals surface area contributed by atoms with Gasteiger partial charge in [-0.1, -0.05) is 25.1 Å². The summed E-state index contributed by atoms with van der Waals surface area (Å²) < 4.78 is 0. The first-order valence-electron chi connectivity index (χ1n) is 10.4. The molecule has 2 aromatic heterocycles. The van der Waals surface area contributed by atoms with Gasteiger partial charge in [-0.15, -0.1) is 0 Å². The molecule has 0 saturated heterocycles. The Kier molecular flexibility index (Phi) is 5.45. The third kappa shape index (κ3) is 3.71. The lowest BCUT2D eigenvalue weighted by atomic mass is 9.71. The van der Waals surface area contributed by atoms with Crippen molar-refractivity contribution in [2.45, 2.75) is 38.6 Å². The van der Waals surface area contributed by atoms with E-state index in [4.69, 9.17) is 5.26 Å².